The number of aromatic carboxylic acids is 1. The molecule has 16 heavy (non-hydrogen) atoms. The van der Waals surface area contributed by atoms with Crippen LogP contribution in [-0.2, 0) is 0 Å². The molecule has 0 aromatic carbocycles. The van der Waals surface area contributed by atoms with Crippen molar-refractivity contribution in [2.45, 2.75) is 19.8 Å². The standard InChI is InChI=1S/C10H10FN3O2/c1-5(2)8-6(10(15)16)3-13-14-7(11)4-12-9(8)14/h3-5H,1-2H3,(H,15,16). The van der Waals surface area contributed by atoms with Gasteiger partial charge in [0.05, 0.1) is 18.0 Å². The summed E-state index contributed by atoms with van der Waals surface area (Å²) in [6, 6.07) is 0. The van der Waals surface area contributed by atoms with Gasteiger partial charge in [0.1, 0.15) is 0 Å². The summed E-state index contributed by atoms with van der Waals surface area (Å²) in [6.07, 6.45) is 2.18. The van der Waals surface area contributed by atoms with Crippen LogP contribution < -0.4 is 0 Å². The van der Waals surface area contributed by atoms with Crippen molar-refractivity contribution >= 4 is 11.6 Å². The molecule has 0 bridgehead atoms. The normalized spacial score (nSPS) is 11.2. The van der Waals surface area contributed by atoms with Gasteiger partial charge in [0.2, 0.25) is 5.95 Å². The number of fused-ring (bicyclic) bond motifs is 1. The Balaban J connectivity index is 2.84. The Bertz CT molecular complexity index is 562. The predicted octanol–water partition coefficient (Wildman–Crippen LogP) is 1.69. The number of carboxylic acids is 1. The number of halogens is 1. The Morgan fingerprint density at radius 2 is 2.19 bits per heavy atom. The lowest BCUT2D eigenvalue weighted by Crippen LogP contribution is -2.09. The first-order valence-corrected chi connectivity index (χ1v) is 4.77. The van der Waals surface area contributed by atoms with Crippen LogP contribution in [-0.4, -0.2) is 25.7 Å². The molecule has 0 spiro atoms. The second kappa shape index (κ2) is 3.55. The monoisotopic (exact) mass is 223 g/mol. The topological polar surface area (TPSA) is 67.5 Å². The van der Waals surface area contributed by atoms with Crippen LogP contribution in [0, 0.1) is 5.95 Å². The predicted molar refractivity (Wildman–Crippen MR) is 54.0 cm³/mol. The van der Waals surface area contributed by atoms with Crippen LogP contribution in [0.15, 0.2) is 12.4 Å². The molecule has 2 aromatic heterocycles. The molecule has 84 valence electrons. The van der Waals surface area contributed by atoms with Crippen LogP contribution in [0.3, 0.4) is 0 Å². The maximum atomic E-state index is 13.2. The van der Waals surface area contributed by atoms with E-state index in [4.69, 9.17) is 5.11 Å². The van der Waals surface area contributed by atoms with Crippen molar-refractivity contribution in [1.82, 2.24) is 14.6 Å². The highest BCUT2D eigenvalue weighted by Crippen LogP contribution is 2.23. The molecule has 2 aromatic rings. The van der Waals surface area contributed by atoms with Crippen LogP contribution in [0.25, 0.3) is 5.65 Å². The van der Waals surface area contributed by atoms with Crippen molar-refractivity contribution in [2.75, 3.05) is 0 Å². The first-order valence-electron chi connectivity index (χ1n) is 4.77. The van der Waals surface area contributed by atoms with E-state index in [9.17, 15) is 9.18 Å². The van der Waals surface area contributed by atoms with Crippen molar-refractivity contribution in [1.29, 1.82) is 0 Å². The number of aromatic nitrogens is 3. The second-order valence-corrected chi connectivity index (χ2v) is 3.75. The van der Waals surface area contributed by atoms with Gasteiger partial charge in [0.25, 0.3) is 0 Å². The van der Waals surface area contributed by atoms with Gasteiger partial charge in [-0.05, 0) is 5.92 Å². The summed E-state index contributed by atoms with van der Waals surface area (Å²) in [5.74, 6) is -1.76. The minimum Gasteiger partial charge on any atom is -0.478 e. The summed E-state index contributed by atoms with van der Waals surface area (Å²) in [7, 11) is 0. The molecule has 0 amide bonds. The van der Waals surface area contributed by atoms with Crippen molar-refractivity contribution in [3.05, 3.63) is 29.5 Å². The SMILES string of the molecule is CC(C)c1c(C(=O)O)cnn2c(F)cnc12. The summed E-state index contributed by atoms with van der Waals surface area (Å²) in [6.45, 7) is 3.66. The van der Waals surface area contributed by atoms with Gasteiger partial charge in [-0.15, -0.1) is 0 Å². The van der Waals surface area contributed by atoms with E-state index in [1.54, 1.807) is 0 Å². The number of hydrogen-bond acceptors (Lipinski definition) is 3. The van der Waals surface area contributed by atoms with E-state index < -0.39 is 11.9 Å². The number of rotatable bonds is 2. The summed E-state index contributed by atoms with van der Waals surface area (Å²) in [5, 5.41) is 12.7. The van der Waals surface area contributed by atoms with Crippen molar-refractivity contribution < 1.29 is 14.3 Å². The summed E-state index contributed by atoms with van der Waals surface area (Å²) >= 11 is 0. The zero-order chi connectivity index (χ0) is 11.9. The number of imidazole rings is 1. The molecule has 0 saturated heterocycles. The molecule has 2 rings (SSSR count). The fourth-order valence-electron chi connectivity index (χ4n) is 1.66. The van der Waals surface area contributed by atoms with Crippen LogP contribution >= 0.6 is 0 Å². The van der Waals surface area contributed by atoms with E-state index >= 15 is 0 Å². The van der Waals surface area contributed by atoms with Crippen LogP contribution in [0.4, 0.5) is 4.39 Å². The third-order valence-corrected chi connectivity index (χ3v) is 2.34. The molecule has 5 nitrogen and oxygen atoms in total. The zero-order valence-corrected chi connectivity index (χ0v) is 8.81. The van der Waals surface area contributed by atoms with E-state index in [1.165, 1.54) is 0 Å². The van der Waals surface area contributed by atoms with Crippen molar-refractivity contribution in [3.8, 4) is 0 Å². The van der Waals surface area contributed by atoms with Gasteiger partial charge >= 0.3 is 5.97 Å². The molecular formula is C10H10FN3O2. The highest BCUT2D eigenvalue weighted by atomic mass is 19.1. The number of nitrogens with zero attached hydrogens (tertiary/aromatic N) is 3. The van der Waals surface area contributed by atoms with E-state index in [0.29, 0.717) is 5.56 Å². The van der Waals surface area contributed by atoms with Gasteiger partial charge in [0, 0.05) is 5.56 Å². The lowest BCUT2D eigenvalue weighted by molar-refractivity contribution is 0.0694. The van der Waals surface area contributed by atoms with E-state index in [-0.39, 0.29) is 17.1 Å². The molecular weight excluding hydrogens is 213 g/mol. The highest BCUT2D eigenvalue weighted by molar-refractivity contribution is 5.91. The fraction of sp³-hybridized carbons (Fsp3) is 0.300. The van der Waals surface area contributed by atoms with Gasteiger partial charge in [-0.2, -0.15) is 14.0 Å². The Morgan fingerprint density at radius 1 is 1.50 bits per heavy atom. The Kier molecular flexibility index (Phi) is 2.34. The molecule has 6 heteroatoms. The molecule has 0 aliphatic heterocycles. The molecule has 0 saturated carbocycles. The average Bonchev–Trinajstić information content (AvgIpc) is 2.58. The van der Waals surface area contributed by atoms with Crippen LogP contribution in [0.1, 0.15) is 35.7 Å². The molecule has 0 radical (unpaired) electrons. The second-order valence-electron chi connectivity index (χ2n) is 3.75. The van der Waals surface area contributed by atoms with Crippen molar-refractivity contribution in [3.63, 3.8) is 0 Å². The fourth-order valence-corrected chi connectivity index (χ4v) is 1.66. The average molecular weight is 223 g/mol. The summed E-state index contributed by atoms with van der Waals surface area (Å²) in [5.41, 5.74) is 0.812. The van der Waals surface area contributed by atoms with Crippen LogP contribution in [0.5, 0.6) is 0 Å². The maximum Gasteiger partial charge on any atom is 0.337 e. The first-order chi connectivity index (χ1) is 7.52. The minimum atomic E-state index is -1.08. The van der Waals surface area contributed by atoms with E-state index in [2.05, 4.69) is 10.1 Å². The Morgan fingerprint density at radius 3 is 2.75 bits per heavy atom. The molecule has 0 unspecified atom stereocenters. The molecule has 0 aliphatic carbocycles. The van der Waals surface area contributed by atoms with Gasteiger partial charge < -0.3 is 5.11 Å². The van der Waals surface area contributed by atoms with Crippen LogP contribution in [0.2, 0.25) is 0 Å². The maximum absolute atomic E-state index is 13.2. The lowest BCUT2D eigenvalue weighted by atomic mass is 10.00. The van der Waals surface area contributed by atoms with Gasteiger partial charge in [-0.3, -0.25) is 0 Å². The molecule has 1 N–H and O–H groups in total. The first kappa shape index (κ1) is 10.5. The van der Waals surface area contributed by atoms with Gasteiger partial charge in [0.15, 0.2) is 5.65 Å². The summed E-state index contributed by atoms with van der Waals surface area (Å²) < 4.78 is 14.2. The zero-order valence-electron chi connectivity index (χ0n) is 8.81. The number of hydrogen-bond donors (Lipinski definition) is 1. The number of carbonyl (C=O) groups is 1. The molecule has 0 aliphatic rings. The molecule has 0 atom stereocenters. The van der Waals surface area contributed by atoms with E-state index in [1.807, 2.05) is 13.8 Å². The molecule has 2 heterocycles. The lowest BCUT2D eigenvalue weighted by Gasteiger charge is -2.10. The third kappa shape index (κ3) is 1.42. The minimum absolute atomic E-state index is 0.0631. The van der Waals surface area contributed by atoms with E-state index in [0.717, 1.165) is 16.9 Å². The largest absolute Gasteiger partial charge is 0.478 e. The van der Waals surface area contributed by atoms with Gasteiger partial charge in [-0.1, -0.05) is 13.8 Å². The number of carboxylic acid groups (broad SMARTS) is 1. The highest BCUT2D eigenvalue weighted by Gasteiger charge is 2.19. The van der Waals surface area contributed by atoms with Gasteiger partial charge in [-0.25, -0.2) is 9.78 Å². The quantitative estimate of drug-likeness (QED) is 0.841. The smallest absolute Gasteiger partial charge is 0.337 e. The Labute approximate surface area is 90.5 Å². The molecule has 0 fully saturated rings. The van der Waals surface area contributed by atoms with Crippen molar-refractivity contribution in [2.24, 2.45) is 0 Å². The Hall–Kier alpha value is -1.98. The summed E-state index contributed by atoms with van der Waals surface area (Å²) in [4.78, 5) is 14.9. The third-order valence-electron chi connectivity index (χ3n) is 2.34.